The summed E-state index contributed by atoms with van der Waals surface area (Å²) < 4.78 is 70.3. The van der Waals surface area contributed by atoms with Crippen molar-refractivity contribution in [1.29, 1.82) is 0 Å². The van der Waals surface area contributed by atoms with E-state index in [4.69, 9.17) is 14.2 Å². The summed E-state index contributed by atoms with van der Waals surface area (Å²) in [6.45, 7) is -0.384. The number of carbonyl (C=O) groups excluding carboxylic acids is 2. The molecule has 0 atom stereocenters. The second-order valence-corrected chi connectivity index (χ2v) is 13.5. The molecule has 4 rings (SSSR count). The molecule has 1 aliphatic heterocycles. The molecule has 0 saturated carbocycles. The van der Waals surface area contributed by atoms with Crippen molar-refractivity contribution >= 4 is 49.4 Å². The molecule has 43 heavy (non-hydrogen) atoms. The van der Waals surface area contributed by atoms with Crippen molar-refractivity contribution in [3.05, 3.63) is 77.9 Å². The quantitative estimate of drug-likeness (QED) is 0.250. The van der Waals surface area contributed by atoms with E-state index in [1.165, 1.54) is 75.1 Å². The third-order valence-corrected chi connectivity index (χ3v) is 10.2. The number of sulfonamides is 2. The van der Waals surface area contributed by atoms with Crippen LogP contribution in [0.2, 0.25) is 0 Å². The van der Waals surface area contributed by atoms with E-state index < -0.39 is 38.5 Å². The second-order valence-electron chi connectivity index (χ2n) is 9.51. The predicted octanol–water partition coefficient (Wildman–Crippen LogP) is 2.90. The SMILES string of the molecule is COc1cc(C=CC(=O)OCC(=O)Nc2cccc(S(=O)(=O)N(C)C)c2)cc(S(=O)(=O)N2CCc3ccccc32)c1OC. The number of ether oxygens (including phenoxy) is 3. The first-order chi connectivity index (χ1) is 20.4. The molecule has 1 amide bonds. The molecule has 3 aromatic carbocycles. The second kappa shape index (κ2) is 12.9. The summed E-state index contributed by atoms with van der Waals surface area (Å²) in [7, 11) is -2.29. The minimum absolute atomic E-state index is 0.0135. The maximum atomic E-state index is 13.8. The summed E-state index contributed by atoms with van der Waals surface area (Å²) in [5.74, 6) is -1.40. The molecular formula is C29H31N3O9S2. The van der Waals surface area contributed by atoms with Crippen LogP contribution in [0.25, 0.3) is 6.08 Å². The molecule has 14 heteroatoms. The van der Waals surface area contributed by atoms with E-state index in [9.17, 15) is 26.4 Å². The number of fused-ring (bicyclic) bond motifs is 1. The summed E-state index contributed by atoms with van der Waals surface area (Å²) >= 11 is 0. The molecule has 1 N–H and O–H groups in total. The Morgan fingerprint density at radius 1 is 0.977 bits per heavy atom. The molecule has 0 radical (unpaired) electrons. The number of nitrogens with one attached hydrogen (secondary N) is 1. The average molecular weight is 630 g/mol. The lowest BCUT2D eigenvalue weighted by atomic mass is 10.2. The largest absolute Gasteiger partial charge is 0.493 e. The summed E-state index contributed by atoms with van der Waals surface area (Å²) in [5, 5.41) is 2.48. The van der Waals surface area contributed by atoms with Crippen LogP contribution in [0.3, 0.4) is 0 Å². The monoisotopic (exact) mass is 629 g/mol. The van der Waals surface area contributed by atoms with Gasteiger partial charge in [0.2, 0.25) is 10.0 Å². The maximum Gasteiger partial charge on any atom is 0.331 e. The number of rotatable bonds is 11. The van der Waals surface area contributed by atoms with Crippen LogP contribution < -0.4 is 19.1 Å². The molecule has 12 nitrogen and oxygen atoms in total. The molecule has 0 bridgehead atoms. The smallest absolute Gasteiger partial charge is 0.331 e. The van der Waals surface area contributed by atoms with Crippen LogP contribution in [0.4, 0.5) is 11.4 Å². The van der Waals surface area contributed by atoms with Gasteiger partial charge in [-0.2, -0.15) is 0 Å². The molecule has 0 saturated heterocycles. The lowest BCUT2D eigenvalue weighted by molar-refractivity contribution is -0.142. The highest BCUT2D eigenvalue weighted by atomic mass is 32.2. The van der Waals surface area contributed by atoms with Gasteiger partial charge < -0.3 is 19.5 Å². The highest BCUT2D eigenvalue weighted by molar-refractivity contribution is 7.93. The fourth-order valence-electron chi connectivity index (χ4n) is 4.41. The molecule has 0 unspecified atom stereocenters. The zero-order valence-corrected chi connectivity index (χ0v) is 25.6. The Labute approximate surface area is 250 Å². The van der Waals surface area contributed by atoms with Crippen LogP contribution in [-0.2, 0) is 40.8 Å². The van der Waals surface area contributed by atoms with E-state index in [0.717, 1.165) is 15.9 Å². The Bertz CT molecular complexity index is 1790. The van der Waals surface area contributed by atoms with Crippen LogP contribution in [-0.4, -0.2) is 74.5 Å². The molecule has 1 heterocycles. The van der Waals surface area contributed by atoms with Gasteiger partial charge in [0.15, 0.2) is 18.1 Å². The van der Waals surface area contributed by atoms with E-state index in [1.54, 1.807) is 12.1 Å². The van der Waals surface area contributed by atoms with Gasteiger partial charge in [0, 0.05) is 32.4 Å². The fraction of sp³-hybridized carbons (Fsp3) is 0.241. The molecular weight excluding hydrogens is 598 g/mol. The van der Waals surface area contributed by atoms with Gasteiger partial charge in [-0.15, -0.1) is 0 Å². The number of hydrogen-bond donors (Lipinski definition) is 1. The van der Waals surface area contributed by atoms with Gasteiger partial charge in [0.05, 0.1) is 24.8 Å². The van der Waals surface area contributed by atoms with Crippen molar-refractivity contribution in [3.8, 4) is 11.5 Å². The van der Waals surface area contributed by atoms with Crippen LogP contribution in [0.15, 0.2) is 76.5 Å². The molecule has 0 aromatic heterocycles. The zero-order chi connectivity index (χ0) is 31.4. The minimum Gasteiger partial charge on any atom is -0.493 e. The number of anilines is 2. The van der Waals surface area contributed by atoms with E-state index in [-0.39, 0.29) is 33.5 Å². The number of benzene rings is 3. The Kier molecular flexibility index (Phi) is 9.43. The first kappa shape index (κ1) is 31.5. The highest BCUT2D eigenvalue weighted by Gasteiger charge is 2.34. The number of nitrogens with zero attached hydrogens (tertiary/aromatic N) is 2. The Morgan fingerprint density at radius 3 is 2.42 bits per heavy atom. The Morgan fingerprint density at radius 2 is 1.72 bits per heavy atom. The van der Waals surface area contributed by atoms with Crippen molar-refractivity contribution < 1.29 is 40.6 Å². The number of hydrogen-bond acceptors (Lipinski definition) is 9. The highest BCUT2D eigenvalue weighted by Crippen LogP contribution is 2.40. The Balaban J connectivity index is 1.48. The minimum atomic E-state index is -4.07. The average Bonchev–Trinajstić information content (AvgIpc) is 3.43. The van der Waals surface area contributed by atoms with E-state index in [2.05, 4.69) is 5.32 Å². The van der Waals surface area contributed by atoms with Crippen LogP contribution >= 0.6 is 0 Å². The van der Waals surface area contributed by atoms with Crippen LogP contribution in [0, 0.1) is 0 Å². The first-order valence-corrected chi connectivity index (χ1v) is 15.8. The molecule has 0 aliphatic carbocycles. The third-order valence-electron chi connectivity index (χ3n) is 6.53. The predicted molar refractivity (Wildman–Crippen MR) is 160 cm³/mol. The molecule has 228 valence electrons. The molecule has 3 aromatic rings. The van der Waals surface area contributed by atoms with Crippen molar-refractivity contribution in [3.63, 3.8) is 0 Å². The van der Waals surface area contributed by atoms with E-state index in [1.807, 2.05) is 12.1 Å². The van der Waals surface area contributed by atoms with Crippen molar-refractivity contribution in [2.24, 2.45) is 0 Å². The number of amides is 1. The number of methoxy groups -OCH3 is 2. The summed E-state index contributed by atoms with van der Waals surface area (Å²) in [4.78, 5) is 24.6. The molecule has 1 aliphatic rings. The van der Waals surface area contributed by atoms with Crippen molar-refractivity contribution in [1.82, 2.24) is 4.31 Å². The molecule has 0 fully saturated rings. The normalized spacial score (nSPS) is 13.2. The topological polar surface area (TPSA) is 149 Å². The number of para-hydroxylation sites is 1. The van der Waals surface area contributed by atoms with E-state index >= 15 is 0 Å². The van der Waals surface area contributed by atoms with Gasteiger partial charge in [-0.25, -0.2) is 25.9 Å². The maximum absolute atomic E-state index is 13.8. The van der Waals surface area contributed by atoms with Crippen molar-refractivity contribution in [2.75, 3.05) is 51.1 Å². The summed E-state index contributed by atoms with van der Waals surface area (Å²) in [6, 6.07) is 15.7. The van der Waals surface area contributed by atoms with Gasteiger partial charge >= 0.3 is 5.97 Å². The Hall–Kier alpha value is -4.40. The fourth-order valence-corrected chi connectivity index (χ4v) is 7.06. The summed E-state index contributed by atoms with van der Waals surface area (Å²) in [6.07, 6.45) is 2.93. The zero-order valence-electron chi connectivity index (χ0n) is 23.9. The van der Waals surface area contributed by atoms with Gasteiger partial charge in [0.25, 0.3) is 15.9 Å². The van der Waals surface area contributed by atoms with Gasteiger partial charge in [-0.3, -0.25) is 9.10 Å². The first-order valence-electron chi connectivity index (χ1n) is 12.9. The van der Waals surface area contributed by atoms with E-state index in [0.29, 0.717) is 17.7 Å². The van der Waals surface area contributed by atoms with Crippen LogP contribution in [0.5, 0.6) is 11.5 Å². The lowest BCUT2D eigenvalue weighted by Crippen LogP contribution is -2.29. The van der Waals surface area contributed by atoms with Gasteiger partial charge in [-0.05, 0) is 60.0 Å². The lowest BCUT2D eigenvalue weighted by Gasteiger charge is -2.22. The van der Waals surface area contributed by atoms with Crippen molar-refractivity contribution in [2.45, 2.75) is 16.2 Å². The number of carbonyl (C=O) groups is 2. The van der Waals surface area contributed by atoms with Gasteiger partial charge in [0.1, 0.15) is 4.90 Å². The summed E-state index contributed by atoms with van der Waals surface area (Å²) in [5.41, 5.74) is 2.01. The van der Waals surface area contributed by atoms with Gasteiger partial charge in [-0.1, -0.05) is 24.3 Å². The van der Waals surface area contributed by atoms with Crippen LogP contribution in [0.1, 0.15) is 11.1 Å². The standard InChI is InChI=1S/C29H31N3O9S2/c1-31(2)42(35,36)23-10-7-9-22(18-23)30-27(33)19-41-28(34)13-12-20-16-25(39-3)29(40-4)26(17-20)43(37,38)32-15-14-21-8-5-6-11-24(21)32/h5-13,16-18H,14-15,19H2,1-4H3,(H,30,33). The number of esters is 1. The third kappa shape index (κ3) is 6.82. The molecule has 0 spiro atoms.